The highest BCUT2D eigenvalue weighted by molar-refractivity contribution is 7.27. The second kappa shape index (κ2) is 14.8. The van der Waals surface area contributed by atoms with Gasteiger partial charge in [0.05, 0.1) is 22.1 Å². The smallest absolute Gasteiger partial charge is 0.0786 e. The molecule has 0 bridgehead atoms. The number of pyridine rings is 4. The molecule has 0 saturated heterocycles. The van der Waals surface area contributed by atoms with Crippen LogP contribution in [0.25, 0.3) is 151 Å². The molecule has 5 aromatic heterocycles. The van der Waals surface area contributed by atoms with E-state index in [-0.39, 0.29) is 0 Å². The Morgan fingerprint density at radius 3 is 0.884 bits per heavy atom. The summed E-state index contributed by atoms with van der Waals surface area (Å²) in [5, 5.41) is 16.1. The molecule has 0 aliphatic carbocycles. The van der Waals surface area contributed by atoms with E-state index in [1.807, 2.05) is 60.4 Å². The molecular weight excluding hydrogens is 857 g/mol. The summed E-state index contributed by atoms with van der Waals surface area (Å²) >= 11 is 1.89. The largest absolute Gasteiger partial charge is 0.256 e. The van der Waals surface area contributed by atoms with E-state index in [4.69, 9.17) is 19.9 Å². The molecule has 5 heterocycles. The number of thiophene rings is 1. The maximum absolute atomic E-state index is 5.06. The van der Waals surface area contributed by atoms with Gasteiger partial charge in [-0.15, -0.1) is 11.3 Å². The predicted octanol–water partition coefficient (Wildman–Crippen LogP) is 17.5. The third-order valence-corrected chi connectivity index (χ3v) is 15.6. The van der Waals surface area contributed by atoms with Gasteiger partial charge in [0.2, 0.25) is 0 Å². The van der Waals surface area contributed by atoms with E-state index in [0.717, 1.165) is 120 Å². The summed E-state index contributed by atoms with van der Waals surface area (Å²) in [7, 11) is 0. The zero-order valence-electron chi connectivity index (χ0n) is 37.0. The van der Waals surface area contributed by atoms with Crippen molar-refractivity contribution in [2.45, 2.75) is 0 Å². The van der Waals surface area contributed by atoms with Crippen LogP contribution in [0.1, 0.15) is 0 Å². The third-order valence-electron chi connectivity index (χ3n) is 14.3. The fraction of sp³-hybridized carbons (Fsp3) is 0. The molecule has 318 valence electrons. The Labute approximate surface area is 399 Å². The van der Waals surface area contributed by atoms with E-state index in [0.29, 0.717) is 0 Å². The van der Waals surface area contributed by atoms with Crippen molar-refractivity contribution in [3.05, 3.63) is 219 Å². The second-order valence-corrected chi connectivity index (χ2v) is 19.1. The summed E-state index contributed by atoms with van der Waals surface area (Å²) in [4.78, 5) is 20.2. The molecule has 0 unspecified atom stereocenters. The highest BCUT2D eigenvalue weighted by Gasteiger charge is 2.23. The van der Waals surface area contributed by atoms with Crippen LogP contribution in [0.4, 0.5) is 0 Å². The predicted molar refractivity (Wildman–Crippen MR) is 292 cm³/mol. The molecule has 0 fully saturated rings. The first-order chi connectivity index (χ1) is 34.2. The van der Waals surface area contributed by atoms with Crippen molar-refractivity contribution in [3.8, 4) is 44.5 Å². The first kappa shape index (κ1) is 38.2. The van der Waals surface area contributed by atoms with E-state index in [1.54, 1.807) is 0 Å². The second-order valence-electron chi connectivity index (χ2n) is 18.1. The Morgan fingerprint density at radius 2 is 0.536 bits per heavy atom. The Kier molecular flexibility index (Phi) is 8.20. The highest BCUT2D eigenvalue weighted by atomic mass is 32.1. The van der Waals surface area contributed by atoms with Gasteiger partial charge in [0.15, 0.2) is 0 Å². The van der Waals surface area contributed by atoms with E-state index >= 15 is 0 Å². The van der Waals surface area contributed by atoms with Gasteiger partial charge in [0.25, 0.3) is 0 Å². The van der Waals surface area contributed by atoms with Gasteiger partial charge in [-0.2, -0.15) is 0 Å². The maximum atomic E-state index is 5.06. The molecule has 0 spiro atoms. The summed E-state index contributed by atoms with van der Waals surface area (Å²) in [6, 6.07) is 71.0. The molecule has 0 aliphatic heterocycles. The number of nitrogens with zero attached hydrogens (tertiary/aromatic N) is 4. The normalized spacial score (nSPS) is 12.1. The molecule has 0 radical (unpaired) electrons. The Hall–Kier alpha value is -8.90. The Morgan fingerprint density at radius 1 is 0.246 bits per heavy atom. The molecule has 69 heavy (non-hydrogen) atoms. The van der Waals surface area contributed by atoms with Gasteiger partial charge < -0.3 is 0 Å². The van der Waals surface area contributed by atoms with Crippen molar-refractivity contribution >= 4 is 118 Å². The van der Waals surface area contributed by atoms with Crippen LogP contribution in [0.2, 0.25) is 0 Å². The van der Waals surface area contributed by atoms with Gasteiger partial charge in [-0.25, -0.2) is 0 Å². The summed E-state index contributed by atoms with van der Waals surface area (Å²) in [6.45, 7) is 0. The first-order valence-corrected chi connectivity index (χ1v) is 24.2. The molecule has 15 aromatic rings. The minimum atomic E-state index is 1.00. The zero-order valence-corrected chi connectivity index (χ0v) is 37.8. The standard InChI is InChI=1S/C64H36N4S/c1-9-37-21-25-41-13-5-29-65-59(41)55(37)47(17-1)45-33-51(49-19-3-11-39-23-27-43-15-7-31-67-61(43)57(39)49)63-53(35-45)54-36-46(48-18-2-10-38-22-26-42-14-6-30-66-60(42)56(38)48)34-52(64(54)69-63)50-20-4-12-40-24-28-44-16-8-32-68-62(44)58(40)50/h1-36H. The quantitative estimate of drug-likeness (QED) is 0.165. The lowest BCUT2D eigenvalue weighted by Crippen LogP contribution is -1.90. The molecule has 15 rings (SSSR count). The monoisotopic (exact) mass is 892 g/mol. The van der Waals surface area contributed by atoms with Crippen LogP contribution in [0.3, 0.4) is 0 Å². The summed E-state index contributed by atoms with van der Waals surface area (Å²) < 4.78 is 2.45. The number of benzene rings is 10. The molecule has 10 aromatic carbocycles. The van der Waals surface area contributed by atoms with Crippen LogP contribution in [-0.2, 0) is 0 Å². The topological polar surface area (TPSA) is 51.6 Å². The van der Waals surface area contributed by atoms with Crippen LogP contribution >= 0.6 is 11.3 Å². The van der Waals surface area contributed by atoms with Crippen molar-refractivity contribution in [2.24, 2.45) is 0 Å². The van der Waals surface area contributed by atoms with Crippen LogP contribution < -0.4 is 0 Å². The fourth-order valence-electron chi connectivity index (χ4n) is 11.3. The van der Waals surface area contributed by atoms with Gasteiger partial charge >= 0.3 is 0 Å². The molecular formula is C64H36N4S. The zero-order chi connectivity index (χ0) is 45.2. The van der Waals surface area contributed by atoms with E-state index in [2.05, 4.69) is 170 Å². The van der Waals surface area contributed by atoms with Gasteiger partial charge in [-0.3, -0.25) is 19.9 Å². The summed E-state index contributed by atoms with van der Waals surface area (Å²) in [5.74, 6) is 0. The molecule has 5 heteroatoms. The Balaban J connectivity index is 1.14. The SMILES string of the molecule is c1cnc2c(c1)ccc1cccc(-c3cc(-c4cccc5ccc6cccnc6c45)c4sc5c(-c6cccc7ccc8cccnc8c67)cc(-c6cccc7ccc8cccnc8c67)cc5c4c3)c12. The lowest BCUT2D eigenvalue weighted by molar-refractivity contribution is 1.43. The van der Waals surface area contributed by atoms with E-state index in [9.17, 15) is 0 Å². The molecule has 0 amide bonds. The van der Waals surface area contributed by atoms with Crippen molar-refractivity contribution in [1.29, 1.82) is 0 Å². The number of hydrogen-bond donors (Lipinski definition) is 0. The van der Waals surface area contributed by atoms with Gasteiger partial charge in [-0.05, 0) is 103 Å². The maximum Gasteiger partial charge on any atom is 0.0786 e. The van der Waals surface area contributed by atoms with Gasteiger partial charge in [0.1, 0.15) is 0 Å². The van der Waals surface area contributed by atoms with Crippen molar-refractivity contribution in [1.82, 2.24) is 19.9 Å². The lowest BCUT2D eigenvalue weighted by atomic mass is 9.88. The van der Waals surface area contributed by atoms with E-state index in [1.165, 1.54) is 31.3 Å². The van der Waals surface area contributed by atoms with Crippen LogP contribution in [0.15, 0.2) is 219 Å². The molecule has 0 N–H and O–H groups in total. The number of hydrogen-bond acceptors (Lipinski definition) is 5. The molecule has 0 aliphatic rings. The van der Waals surface area contributed by atoms with Crippen molar-refractivity contribution in [3.63, 3.8) is 0 Å². The fourth-order valence-corrected chi connectivity index (χ4v) is 12.6. The van der Waals surface area contributed by atoms with Crippen molar-refractivity contribution in [2.75, 3.05) is 0 Å². The lowest BCUT2D eigenvalue weighted by Gasteiger charge is -2.15. The van der Waals surface area contributed by atoms with Crippen LogP contribution in [-0.4, -0.2) is 19.9 Å². The molecule has 4 nitrogen and oxygen atoms in total. The first-order valence-electron chi connectivity index (χ1n) is 23.3. The van der Waals surface area contributed by atoms with Crippen LogP contribution in [0, 0.1) is 0 Å². The Bertz CT molecular complexity index is 4390. The summed E-state index contributed by atoms with van der Waals surface area (Å²) in [6.07, 6.45) is 7.66. The minimum absolute atomic E-state index is 1.00. The number of fused-ring (bicyclic) bond motifs is 15. The van der Waals surface area contributed by atoms with Crippen LogP contribution in [0.5, 0.6) is 0 Å². The third kappa shape index (κ3) is 5.75. The van der Waals surface area contributed by atoms with Crippen molar-refractivity contribution < 1.29 is 0 Å². The molecule has 0 saturated carbocycles. The van der Waals surface area contributed by atoms with E-state index < -0.39 is 0 Å². The number of aromatic nitrogens is 4. The minimum Gasteiger partial charge on any atom is -0.256 e. The van der Waals surface area contributed by atoms with Gasteiger partial charge in [-0.1, -0.05) is 146 Å². The number of rotatable bonds is 4. The average molecular weight is 893 g/mol. The summed E-state index contributed by atoms with van der Waals surface area (Å²) in [5.41, 5.74) is 13.3. The molecule has 0 atom stereocenters. The van der Waals surface area contributed by atoms with Gasteiger partial charge in [0, 0.05) is 99.2 Å². The average Bonchev–Trinajstić information content (AvgIpc) is 3.80. The highest BCUT2D eigenvalue weighted by Crippen LogP contribution is 2.51.